The Morgan fingerprint density at radius 2 is 2.12 bits per heavy atom. The van der Waals surface area contributed by atoms with Crippen molar-refractivity contribution < 1.29 is 4.74 Å². The normalized spacial score (nSPS) is 10.6. The molecule has 0 saturated heterocycles. The minimum absolute atomic E-state index is 0.593. The van der Waals surface area contributed by atoms with E-state index in [1.54, 1.807) is 7.11 Å². The molecule has 0 aliphatic heterocycles. The molecule has 0 amide bonds. The third-order valence-corrected chi connectivity index (χ3v) is 3.55. The van der Waals surface area contributed by atoms with Crippen LogP contribution < -0.4 is 4.74 Å². The highest BCUT2D eigenvalue weighted by Gasteiger charge is 2.13. The molecule has 0 radical (unpaired) electrons. The molecule has 0 aliphatic rings. The van der Waals surface area contributed by atoms with Crippen LogP contribution in [0.25, 0.3) is 11.3 Å². The van der Waals surface area contributed by atoms with Gasteiger partial charge in [0.25, 0.3) is 0 Å². The van der Waals surface area contributed by atoms with E-state index >= 15 is 0 Å². The van der Waals surface area contributed by atoms with Crippen LogP contribution >= 0.6 is 27.5 Å². The lowest BCUT2D eigenvalue weighted by Gasteiger charge is -2.08. The van der Waals surface area contributed by atoms with Crippen LogP contribution in [0, 0.1) is 6.92 Å². The van der Waals surface area contributed by atoms with Gasteiger partial charge in [0.1, 0.15) is 16.2 Å². The second-order valence-corrected chi connectivity index (χ2v) is 4.87. The number of imidazole rings is 1. The van der Waals surface area contributed by atoms with Gasteiger partial charge in [-0.3, -0.25) is 0 Å². The van der Waals surface area contributed by atoms with Crippen molar-refractivity contribution in [1.29, 1.82) is 0 Å². The van der Waals surface area contributed by atoms with Gasteiger partial charge >= 0.3 is 0 Å². The van der Waals surface area contributed by atoms with Crippen LogP contribution in [0.4, 0.5) is 0 Å². The summed E-state index contributed by atoms with van der Waals surface area (Å²) in [5.41, 5.74) is 2.01. The summed E-state index contributed by atoms with van der Waals surface area (Å²) < 4.78 is 7.97. The van der Waals surface area contributed by atoms with Crippen molar-refractivity contribution in [3.63, 3.8) is 0 Å². The fraction of sp³-hybridized carbons (Fsp3) is 0.250. The summed E-state index contributed by atoms with van der Waals surface area (Å²) in [7, 11) is 3.57. The van der Waals surface area contributed by atoms with Gasteiger partial charge in [-0.25, -0.2) is 4.98 Å². The molecule has 1 aromatic heterocycles. The van der Waals surface area contributed by atoms with Gasteiger partial charge < -0.3 is 9.30 Å². The largest absolute Gasteiger partial charge is 0.495 e. The van der Waals surface area contributed by atoms with Gasteiger partial charge in [-0.05, 0) is 41.1 Å². The van der Waals surface area contributed by atoms with Gasteiger partial charge in [-0.15, -0.1) is 0 Å². The average molecular weight is 316 g/mol. The third kappa shape index (κ3) is 2.19. The van der Waals surface area contributed by atoms with Gasteiger partial charge in [-0.2, -0.15) is 0 Å². The Balaban J connectivity index is 2.57. The van der Waals surface area contributed by atoms with E-state index in [0.717, 1.165) is 21.7 Å². The summed E-state index contributed by atoms with van der Waals surface area (Å²) in [6.07, 6.45) is 0. The highest BCUT2D eigenvalue weighted by atomic mass is 79.9. The van der Waals surface area contributed by atoms with E-state index in [0.29, 0.717) is 10.8 Å². The molecule has 0 saturated carbocycles. The quantitative estimate of drug-likeness (QED) is 0.842. The molecule has 2 rings (SSSR count). The first-order valence-electron chi connectivity index (χ1n) is 5.07. The fourth-order valence-electron chi connectivity index (χ4n) is 1.70. The van der Waals surface area contributed by atoms with Crippen LogP contribution in [0.1, 0.15) is 5.82 Å². The van der Waals surface area contributed by atoms with Gasteiger partial charge in [0, 0.05) is 12.6 Å². The third-order valence-electron chi connectivity index (χ3n) is 2.70. The second-order valence-electron chi connectivity index (χ2n) is 3.71. The van der Waals surface area contributed by atoms with E-state index in [2.05, 4.69) is 20.9 Å². The van der Waals surface area contributed by atoms with E-state index in [4.69, 9.17) is 16.3 Å². The molecule has 3 nitrogen and oxygen atoms in total. The zero-order chi connectivity index (χ0) is 12.6. The average Bonchev–Trinajstić information content (AvgIpc) is 2.53. The molecule has 2 aromatic rings. The van der Waals surface area contributed by atoms with Crippen molar-refractivity contribution in [2.75, 3.05) is 7.11 Å². The molecular weight excluding hydrogens is 304 g/mol. The SMILES string of the molecule is COc1ccc(-c2c(Br)nc(C)n2C)cc1Cl. The number of aromatic nitrogens is 2. The minimum atomic E-state index is 0.593. The predicted octanol–water partition coefficient (Wildman–Crippen LogP) is 3.82. The van der Waals surface area contributed by atoms with E-state index in [1.807, 2.05) is 36.7 Å². The van der Waals surface area contributed by atoms with E-state index in [-0.39, 0.29) is 0 Å². The number of methoxy groups -OCH3 is 1. The molecule has 0 atom stereocenters. The smallest absolute Gasteiger partial charge is 0.137 e. The van der Waals surface area contributed by atoms with Crippen molar-refractivity contribution in [2.24, 2.45) is 7.05 Å². The van der Waals surface area contributed by atoms with Gasteiger partial charge in [0.15, 0.2) is 0 Å². The zero-order valence-electron chi connectivity index (χ0n) is 9.79. The molecular formula is C12H12BrClN2O. The lowest BCUT2D eigenvalue weighted by molar-refractivity contribution is 0.415. The number of ether oxygens (including phenoxy) is 1. The molecule has 90 valence electrons. The van der Waals surface area contributed by atoms with Crippen molar-refractivity contribution in [2.45, 2.75) is 6.92 Å². The van der Waals surface area contributed by atoms with Gasteiger partial charge in [0.05, 0.1) is 17.8 Å². The summed E-state index contributed by atoms with van der Waals surface area (Å²) in [4.78, 5) is 4.36. The summed E-state index contributed by atoms with van der Waals surface area (Å²) in [6.45, 7) is 1.96. The van der Waals surface area contributed by atoms with Crippen LogP contribution in [0.2, 0.25) is 5.02 Å². The molecule has 0 N–H and O–H groups in total. The van der Waals surface area contributed by atoms with E-state index in [1.165, 1.54) is 0 Å². The van der Waals surface area contributed by atoms with Gasteiger partial charge in [-0.1, -0.05) is 11.6 Å². The monoisotopic (exact) mass is 314 g/mol. The standard InChI is InChI=1S/C12H12BrClN2O/c1-7-15-12(13)11(16(7)2)8-4-5-10(17-3)9(14)6-8/h4-6H,1-3H3. The lowest BCUT2D eigenvalue weighted by atomic mass is 10.1. The first kappa shape index (κ1) is 12.5. The maximum atomic E-state index is 6.12. The Morgan fingerprint density at radius 3 is 2.59 bits per heavy atom. The lowest BCUT2D eigenvalue weighted by Crippen LogP contribution is -1.94. The summed E-state index contributed by atoms with van der Waals surface area (Å²) in [5, 5.41) is 0.593. The van der Waals surface area contributed by atoms with E-state index < -0.39 is 0 Å². The van der Waals surface area contributed by atoms with Crippen LogP contribution in [0.3, 0.4) is 0 Å². The molecule has 0 spiro atoms. The highest BCUT2D eigenvalue weighted by Crippen LogP contribution is 2.33. The maximum Gasteiger partial charge on any atom is 0.137 e. The summed E-state index contributed by atoms with van der Waals surface area (Å²) >= 11 is 9.58. The number of aryl methyl sites for hydroxylation is 1. The fourth-order valence-corrected chi connectivity index (χ4v) is 2.71. The Labute approximate surface area is 114 Å². The van der Waals surface area contributed by atoms with Crippen LogP contribution in [-0.2, 0) is 7.05 Å². The molecule has 0 fully saturated rings. The number of benzene rings is 1. The Hall–Kier alpha value is -1.00. The molecule has 1 aromatic carbocycles. The van der Waals surface area contributed by atoms with Crippen molar-refractivity contribution in [3.05, 3.63) is 33.6 Å². The number of hydrogen-bond acceptors (Lipinski definition) is 2. The first-order chi connectivity index (χ1) is 8.04. The Morgan fingerprint density at radius 1 is 1.41 bits per heavy atom. The number of rotatable bonds is 2. The maximum absolute atomic E-state index is 6.12. The Bertz CT molecular complexity index is 566. The zero-order valence-corrected chi connectivity index (χ0v) is 12.1. The molecule has 17 heavy (non-hydrogen) atoms. The van der Waals surface area contributed by atoms with Crippen molar-refractivity contribution in [1.82, 2.24) is 9.55 Å². The number of halogens is 2. The highest BCUT2D eigenvalue weighted by molar-refractivity contribution is 9.10. The van der Waals surface area contributed by atoms with E-state index in [9.17, 15) is 0 Å². The van der Waals surface area contributed by atoms with Crippen molar-refractivity contribution >= 4 is 27.5 Å². The van der Waals surface area contributed by atoms with Crippen molar-refractivity contribution in [3.8, 4) is 17.0 Å². The topological polar surface area (TPSA) is 27.1 Å². The second kappa shape index (κ2) is 4.70. The minimum Gasteiger partial charge on any atom is -0.495 e. The number of hydrogen-bond donors (Lipinski definition) is 0. The van der Waals surface area contributed by atoms with Crippen LogP contribution in [0.5, 0.6) is 5.75 Å². The molecule has 0 bridgehead atoms. The first-order valence-corrected chi connectivity index (χ1v) is 6.24. The molecule has 0 aliphatic carbocycles. The summed E-state index contributed by atoms with van der Waals surface area (Å²) in [6, 6.07) is 5.69. The van der Waals surface area contributed by atoms with Crippen LogP contribution in [-0.4, -0.2) is 16.7 Å². The summed E-state index contributed by atoms with van der Waals surface area (Å²) in [5.74, 6) is 1.62. The number of nitrogens with zero attached hydrogens (tertiary/aromatic N) is 2. The molecule has 1 heterocycles. The Kier molecular flexibility index (Phi) is 3.45. The van der Waals surface area contributed by atoms with Crippen LogP contribution in [0.15, 0.2) is 22.8 Å². The predicted molar refractivity (Wildman–Crippen MR) is 72.6 cm³/mol. The molecule has 5 heteroatoms. The van der Waals surface area contributed by atoms with Gasteiger partial charge in [0.2, 0.25) is 0 Å². The molecule has 0 unspecified atom stereocenters.